The number of anilines is 2. The van der Waals surface area contributed by atoms with E-state index in [9.17, 15) is 10.1 Å². The molecule has 0 saturated carbocycles. The number of non-ortho nitro benzene ring substituents is 1. The van der Waals surface area contributed by atoms with Crippen LogP contribution >= 0.6 is 0 Å². The van der Waals surface area contributed by atoms with Gasteiger partial charge in [0.05, 0.1) is 4.92 Å². The lowest BCUT2D eigenvalue weighted by molar-refractivity contribution is -0.384. The maximum atomic E-state index is 10.9. The molecular weight excluding hydrogens is 256 g/mol. The average Bonchev–Trinajstić information content (AvgIpc) is 2.44. The van der Waals surface area contributed by atoms with E-state index in [0.717, 1.165) is 44.0 Å². The summed E-state index contributed by atoms with van der Waals surface area (Å²) in [6, 6.07) is 5.05. The molecule has 0 aliphatic carbocycles. The molecule has 112 valence electrons. The Bertz CT molecular complexity index is 437. The fourth-order valence-electron chi connectivity index (χ4n) is 1.74. The van der Waals surface area contributed by atoms with Crippen LogP contribution in [0.15, 0.2) is 18.2 Å². The Balaban J connectivity index is 2.72. The van der Waals surface area contributed by atoms with Gasteiger partial charge < -0.3 is 15.5 Å². The Morgan fingerprint density at radius 1 is 1.15 bits per heavy atom. The van der Waals surface area contributed by atoms with Crippen molar-refractivity contribution in [2.24, 2.45) is 0 Å². The molecule has 0 aromatic heterocycles. The second-order valence-electron chi connectivity index (χ2n) is 4.78. The minimum absolute atomic E-state index is 0.109. The van der Waals surface area contributed by atoms with Crippen LogP contribution in [0.3, 0.4) is 0 Å². The highest BCUT2D eigenvalue weighted by molar-refractivity contribution is 5.63. The number of rotatable bonds is 9. The molecule has 2 N–H and O–H groups in total. The van der Waals surface area contributed by atoms with E-state index < -0.39 is 0 Å². The van der Waals surface area contributed by atoms with Gasteiger partial charge in [0, 0.05) is 43.1 Å². The quantitative estimate of drug-likeness (QED) is 0.537. The summed E-state index contributed by atoms with van der Waals surface area (Å²) in [6.45, 7) is 7.61. The van der Waals surface area contributed by atoms with E-state index in [1.807, 2.05) is 13.1 Å². The molecule has 0 fully saturated rings. The second-order valence-corrected chi connectivity index (χ2v) is 4.78. The van der Waals surface area contributed by atoms with E-state index in [2.05, 4.69) is 29.4 Å². The van der Waals surface area contributed by atoms with Gasteiger partial charge >= 0.3 is 0 Å². The molecule has 0 unspecified atom stereocenters. The van der Waals surface area contributed by atoms with Crippen LogP contribution in [0.4, 0.5) is 17.1 Å². The standard InChI is InChI=1S/C14H24N4O2/c1-4-6-15-12-9-13(11-14(10-12)18(19)20)16-7-8-17(3)5-2/h9-11,15-16H,4-8H2,1-3H3. The lowest BCUT2D eigenvalue weighted by atomic mass is 10.2. The van der Waals surface area contributed by atoms with Crippen LogP contribution in [0.2, 0.25) is 0 Å². The van der Waals surface area contributed by atoms with Gasteiger partial charge in [0.1, 0.15) is 0 Å². The van der Waals surface area contributed by atoms with Crippen LogP contribution in [-0.4, -0.2) is 43.0 Å². The summed E-state index contributed by atoms with van der Waals surface area (Å²) in [7, 11) is 2.04. The minimum Gasteiger partial charge on any atom is -0.385 e. The summed E-state index contributed by atoms with van der Waals surface area (Å²) < 4.78 is 0. The fraction of sp³-hybridized carbons (Fsp3) is 0.571. The van der Waals surface area contributed by atoms with Crippen molar-refractivity contribution in [3.05, 3.63) is 28.3 Å². The van der Waals surface area contributed by atoms with Crippen molar-refractivity contribution in [3.63, 3.8) is 0 Å². The van der Waals surface area contributed by atoms with Gasteiger partial charge in [0.2, 0.25) is 0 Å². The lowest BCUT2D eigenvalue weighted by Crippen LogP contribution is -2.24. The predicted octanol–water partition coefficient (Wildman–Crippen LogP) is 2.78. The summed E-state index contributed by atoms with van der Waals surface area (Å²) in [5.41, 5.74) is 1.67. The van der Waals surface area contributed by atoms with Gasteiger partial charge in [-0.05, 0) is 26.1 Å². The van der Waals surface area contributed by atoms with Crippen molar-refractivity contribution < 1.29 is 4.92 Å². The van der Waals surface area contributed by atoms with Crippen molar-refractivity contribution in [2.75, 3.05) is 43.9 Å². The SMILES string of the molecule is CCCNc1cc(NCCN(C)CC)cc([N+](=O)[O-])c1. The summed E-state index contributed by atoms with van der Waals surface area (Å²) in [5, 5.41) is 17.4. The minimum atomic E-state index is -0.361. The first-order chi connectivity index (χ1) is 9.56. The summed E-state index contributed by atoms with van der Waals surface area (Å²) >= 11 is 0. The molecule has 6 heteroatoms. The number of nitro groups is 1. The van der Waals surface area contributed by atoms with Crippen LogP contribution in [0.5, 0.6) is 0 Å². The Labute approximate surface area is 120 Å². The third-order valence-electron chi connectivity index (χ3n) is 3.07. The number of nitro benzene ring substituents is 1. The van der Waals surface area contributed by atoms with Crippen molar-refractivity contribution in [3.8, 4) is 0 Å². The molecule has 0 aliphatic rings. The normalized spacial score (nSPS) is 10.6. The maximum absolute atomic E-state index is 10.9. The third-order valence-corrected chi connectivity index (χ3v) is 3.07. The van der Waals surface area contributed by atoms with E-state index in [1.54, 1.807) is 12.1 Å². The molecule has 0 atom stereocenters. The van der Waals surface area contributed by atoms with E-state index in [1.165, 1.54) is 0 Å². The van der Waals surface area contributed by atoms with Crippen LogP contribution in [0, 0.1) is 10.1 Å². The zero-order valence-electron chi connectivity index (χ0n) is 12.5. The first kappa shape index (κ1) is 16.2. The predicted molar refractivity (Wildman–Crippen MR) is 83.5 cm³/mol. The van der Waals surface area contributed by atoms with Gasteiger partial charge in [-0.2, -0.15) is 0 Å². The van der Waals surface area contributed by atoms with Gasteiger partial charge in [-0.25, -0.2) is 0 Å². The fourth-order valence-corrected chi connectivity index (χ4v) is 1.74. The molecule has 0 bridgehead atoms. The lowest BCUT2D eigenvalue weighted by Gasteiger charge is -2.15. The number of benzene rings is 1. The van der Waals surface area contributed by atoms with Gasteiger partial charge in [-0.15, -0.1) is 0 Å². The summed E-state index contributed by atoms with van der Waals surface area (Å²) in [6.07, 6.45) is 0.979. The highest BCUT2D eigenvalue weighted by Gasteiger charge is 2.09. The molecule has 0 heterocycles. The molecule has 20 heavy (non-hydrogen) atoms. The van der Waals surface area contributed by atoms with Gasteiger partial charge in [0.25, 0.3) is 5.69 Å². The Morgan fingerprint density at radius 3 is 2.25 bits per heavy atom. The highest BCUT2D eigenvalue weighted by atomic mass is 16.6. The van der Waals surface area contributed by atoms with Crippen LogP contribution in [-0.2, 0) is 0 Å². The average molecular weight is 280 g/mol. The van der Waals surface area contributed by atoms with Crippen LogP contribution in [0.1, 0.15) is 20.3 Å². The number of nitrogens with one attached hydrogen (secondary N) is 2. The molecule has 1 aromatic rings. The highest BCUT2D eigenvalue weighted by Crippen LogP contribution is 2.24. The van der Waals surface area contributed by atoms with Gasteiger partial charge in [0.15, 0.2) is 0 Å². The largest absolute Gasteiger partial charge is 0.385 e. The molecule has 0 aliphatic heterocycles. The van der Waals surface area contributed by atoms with Gasteiger partial charge in [-0.1, -0.05) is 13.8 Å². The van der Waals surface area contributed by atoms with Crippen LogP contribution < -0.4 is 10.6 Å². The van der Waals surface area contributed by atoms with Crippen molar-refractivity contribution in [2.45, 2.75) is 20.3 Å². The van der Waals surface area contributed by atoms with E-state index in [0.29, 0.717) is 0 Å². The molecule has 1 aromatic carbocycles. The van der Waals surface area contributed by atoms with Crippen molar-refractivity contribution >= 4 is 17.1 Å². The Kier molecular flexibility index (Phi) is 6.79. The molecule has 0 saturated heterocycles. The molecule has 0 radical (unpaired) electrons. The number of likely N-dealkylation sites (N-methyl/N-ethyl adjacent to an activating group) is 1. The zero-order valence-corrected chi connectivity index (χ0v) is 12.5. The summed E-state index contributed by atoms with van der Waals surface area (Å²) in [5.74, 6) is 0. The topological polar surface area (TPSA) is 70.4 Å². The molecular formula is C14H24N4O2. The second kappa shape index (κ2) is 8.37. The molecule has 6 nitrogen and oxygen atoms in total. The van der Waals surface area contributed by atoms with Crippen molar-refractivity contribution in [1.82, 2.24) is 4.90 Å². The molecule has 0 spiro atoms. The van der Waals surface area contributed by atoms with Crippen molar-refractivity contribution in [1.29, 1.82) is 0 Å². The Hall–Kier alpha value is -1.82. The molecule has 1 rings (SSSR count). The maximum Gasteiger partial charge on any atom is 0.273 e. The van der Waals surface area contributed by atoms with E-state index >= 15 is 0 Å². The first-order valence-corrected chi connectivity index (χ1v) is 7.02. The number of nitrogens with zero attached hydrogens (tertiary/aromatic N) is 2. The van der Waals surface area contributed by atoms with Gasteiger partial charge in [-0.3, -0.25) is 10.1 Å². The monoisotopic (exact) mass is 280 g/mol. The third kappa shape index (κ3) is 5.44. The zero-order chi connectivity index (χ0) is 15.0. The number of hydrogen-bond donors (Lipinski definition) is 2. The smallest absolute Gasteiger partial charge is 0.273 e. The first-order valence-electron chi connectivity index (χ1n) is 7.02. The molecule has 0 amide bonds. The number of hydrogen-bond acceptors (Lipinski definition) is 5. The van der Waals surface area contributed by atoms with Crippen LogP contribution in [0.25, 0.3) is 0 Å². The Morgan fingerprint density at radius 2 is 1.75 bits per heavy atom. The summed E-state index contributed by atoms with van der Waals surface area (Å²) in [4.78, 5) is 12.8. The van der Waals surface area contributed by atoms with E-state index in [4.69, 9.17) is 0 Å². The van der Waals surface area contributed by atoms with E-state index in [-0.39, 0.29) is 10.6 Å².